The Labute approximate surface area is 238 Å². The van der Waals surface area contributed by atoms with Gasteiger partial charge in [0.05, 0.1) is 16.6 Å². The second-order valence-electron chi connectivity index (χ2n) is 11.4. The molecule has 1 aliphatic rings. The van der Waals surface area contributed by atoms with Crippen LogP contribution in [0.2, 0.25) is 0 Å². The van der Waals surface area contributed by atoms with Crippen LogP contribution in [0.4, 0.5) is 0 Å². The molecule has 2 heteroatoms. The quantitative estimate of drug-likeness (QED) is 0.213. The number of nitrogens with zero attached hydrogens (tertiary/aromatic N) is 2. The van der Waals surface area contributed by atoms with Crippen LogP contribution in [0.1, 0.15) is 23.2 Å². The second-order valence-corrected chi connectivity index (χ2v) is 11.4. The van der Waals surface area contributed by atoms with Crippen molar-refractivity contribution in [1.82, 2.24) is 9.13 Å². The van der Waals surface area contributed by atoms with E-state index in [9.17, 15) is 0 Å². The van der Waals surface area contributed by atoms with Gasteiger partial charge in [0.25, 0.3) is 0 Å². The Bertz CT molecular complexity index is 2380. The zero-order valence-electron chi connectivity index (χ0n) is 22.9. The molecule has 8 aromatic rings. The van der Waals surface area contributed by atoms with E-state index < -0.39 is 0 Å². The molecule has 0 N–H and O–H groups in total. The summed E-state index contributed by atoms with van der Waals surface area (Å²) >= 11 is 0. The molecule has 2 aromatic heterocycles. The van der Waals surface area contributed by atoms with Gasteiger partial charge in [0, 0.05) is 33.2 Å². The second kappa shape index (κ2) is 8.46. The molecule has 0 amide bonds. The van der Waals surface area contributed by atoms with E-state index in [0.29, 0.717) is 0 Å². The molecule has 0 saturated carbocycles. The average molecular weight is 525 g/mol. The number of hydrogen-bond acceptors (Lipinski definition) is 0. The first-order valence-electron chi connectivity index (χ1n) is 14.5. The molecule has 0 bridgehead atoms. The number of hydrogen-bond donors (Lipinski definition) is 0. The molecule has 0 saturated heterocycles. The number of benzene rings is 6. The van der Waals surface area contributed by atoms with E-state index in [1.54, 1.807) is 0 Å². The molecule has 0 spiro atoms. The van der Waals surface area contributed by atoms with E-state index in [4.69, 9.17) is 0 Å². The van der Waals surface area contributed by atoms with Crippen LogP contribution in [-0.2, 0) is 6.42 Å². The molecule has 0 radical (unpaired) electrons. The normalized spacial score (nSPS) is 13.2. The van der Waals surface area contributed by atoms with Crippen molar-refractivity contribution in [2.75, 3.05) is 0 Å². The molecule has 0 aliphatic heterocycles. The maximum atomic E-state index is 2.49. The lowest BCUT2D eigenvalue weighted by Crippen LogP contribution is -2.03. The van der Waals surface area contributed by atoms with Gasteiger partial charge >= 0.3 is 0 Å². The molecule has 2 nitrogen and oxygen atoms in total. The first kappa shape index (κ1) is 22.7. The lowest BCUT2D eigenvalue weighted by Gasteiger charge is -2.16. The third kappa shape index (κ3) is 3.19. The highest BCUT2D eigenvalue weighted by Gasteiger charge is 2.21. The van der Waals surface area contributed by atoms with Gasteiger partial charge in [-0.15, -0.1) is 0 Å². The van der Waals surface area contributed by atoms with Gasteiger partial charge in [0.15, 0.2) is 0 Å². The van der Waals surface area contributed by atoms with Crippen molar-refractivity contribution in [2.24, 2.45) is 0 Å². The molecule has 0 unspecified atom stereocenters. The molecule has 194 valence electrons. The summed E-state index contributed by atoms with van der Waals surface area (Å²) in [6.45, 7) is 2.22. The number of allylic oxidation sites excluding steroid dienone is 1. The monoisotopic (exact) mass is 524 g/mol. The largest absolute Gasteiger partial charge is 0.309 e. The van der Waals surface area contributed by atoms with Crippen LogP contribution in [0.3, 0.4) is 0 Å². The summed E-state index contributed by atoms with van der Waals surface area (Å²) in [6, 6.07) is 42.6. The Morgan fingerprint density at radius 1 is 0.537 bits per heavy atom. The lowest BCUT2D eigenvalue weighted by atomic mass is 9.97. The van der Waals surface area contributed by atoms with E-state index in [1.807, 2.05) is 0 Å². The predicted molar refractivity (Wildman–Crippen MR) is 175 cm³/mol. The SMILES string of the molecule is Cc1cc(-n2c3c(c4c5ccccc5ccc42)CCC=C3)cc(-n2c3ccccc3c3c4ccccc4ccc32)c1. The predicted octanol–water partition coefficient (Wildman–Crippen LogP) is 10.3. The van der Waals surface area contributed by atoms with E-state index in [2.05, 4.69) is 143 Å². The van der Waals surface area contributed by atoms with Crippen molar-refractivity contribution in [1.29, 1.82) is 0 Å². The highest BCUT2D eigenvalue weighted by atomic mass is 15.0. The standard InChI is InChI=1S/C39H28N2/c1-25-22-28(40-34-16-8-6-14-32(34)38-30-12-4-2-10-26(30)18-20-36(38)40)24-29(23-25)41-35-17-9-7-15-33(35)39-31-13-5-3-11-27(31)19-21-37(39)41/h2-6,8-14,16-24H,7,15H2,1H3. The third-order valence-electron chi connectivity index (χ3n) is 8.96. The van der Waals surface area contributed by atoms with Crippen molar-refractivity contribution in [3.8, 4) is 11.4 Å². The molecule has 0 fully saturated rings. The molecule has 0 atom stereocenters. The molecule has 9 rings (SSSR count). The Morgan fingerprint density at radius 2 is 1.15 bits per heavy atom. The summed E-state index contributed by atoms with van der Waals surface area (Å²) in [7, 11) is 0. The minimum atomic E-state index is 1.07. The summed E-state index contributed by atoms with van der Waals surface area (Å²) in [4.78, 5) is 0. The van der Waals surface area contributed by atoms with Gasteiger partial charge in [-0.25, -0.2) is 0 Å². The number of aromatic nitrogens is 2. The van der Waals surface area contributed by atoms with Crippen molar-refractivity contribution < 1.29 is 0 Å². The van der Waals surface area contributed by atoms with Crippen LogP contribution < -0.4 is 0 Å². The zero-order valence-corrected chi connectivity index (χ0v) is 22.9. The first-order valence-corrected chi connectivity index (χ1v) is 14.5. The van der Waals surface area contributed by atoms with Crippen molar-refractivity contribution >= 4 is 60.3 Å². The minimum Gasteiger partial charge on any atom is -0.309 e. The highest BCUT2D eigenvalue weighted by Crippen LogP contribution is 2.40. The van der Waals surface area contributed by atoms with E-state index >= 15 is 0 Å². The smallest absolute Gasteiger partial charge is 0.0547 e. The fraction of sp³-hybridized carbons (Fsp3) is 0.0769. The number of aryl methyl sites for hydroxylation is 2. The van der Waals surface area contributed by atoms with E-state index in [-0.39, 0.29) is 0 Å². The lowest BCUT2D eigenvalue weighted by molar-refractivity contribution is 0.966. The number of para-hydroxylation sites is 1. The molecule has 6 aromatic carbocycles. The number of rotatable bonds is 2. The fourth-order valence-corrected chi connectivity index (χ4v) is 7.30. The van der Waals surface area contributed by atoms with Crippen LogP contribution >= 0.6 is 0 Å². The van der Waals surface area contributed by atoms with Gasteiger partial charge in [0.2, 0.25) is 0 Å². The van der Waals surface area contributed by atoms with Crippen molar-refractivity contribution in [3.05, 3.63) is 138 Å². The van der Waals surface area contributed by atoms with Gasteiger partial charge < -0.3 is 9.13 Å². The minimum absolute atomic E-state index is 1.07. The molecular weight excluding hydrogens is 496 g/mol. The van der Waals surface area contributed by atoms with Crippen LogP contribution in [-0.4, -0.2) is 9.13 Å². The zero-order chi connectivity index (χ0) is 27.1. The van der Waals surface area contributed by atoms with Crippen molar-refractivity contribution in [2.45, 2.75) is 19.8 Å². The summed E-state index contributed by atoms with van der Waals surface area (Å²) in [5.74, 6) is 0. The maximum Gasteiger partial charge on any atom is 0.0547 e. The molecular formula is C39H28N2. The average Bonchev–Trinajstić information content (AvgIpc) is 3.54. The third-order valence-corrected chi connectivity index (χ3v) is 8.96. The van der Waals surface area contributed by atoms with E-state index in [0.717, 1.165) is 12.8 Å². The summed E-state index contributed by atoms with van der Waals surface area (Å²) in [5.41, 5.74) is 10.2. The maximum absolute atomic E-state index is 2.49. The Morgan fingerprint density at radius 3 is 1.90 bits per heavy atom. The molecule has 2 heterocycles. The van der Waals surface area contributed by atoms with Gasteiger partial charge in [-0.2, -0.15) is 0 Å². The van der Waals surface area contributed by atoms with Crippen LogP contribution in [0.25, 0.3) is 71.7 Å². The Kier molecular flexibility index (Phi) is 4.68. The van der Waals surface area contributed by atoms with Crippen LogP contribution in [0.5, 0.6) is 0 Å². The van der Waals surface area contributed by atoms with Gasteiger partial charge in [-0.3, -0.25) is 0 Å². The summed E-state index contributed by atoms with van der Waals surface area (Å²) in [6.07, 6.45) is 6.82. The van der Waals surface area contributed by atoms with Gasteiger partial charge in [0.1, 0.15) is 0 Å². The van der Waals surface area contributed by atoms with Crippen LogP contribution in [0, 0.1) is 6.92 Å². The topological polar surface area (TPSA) is 9.86 Å². The molecule has 1 aliphatic carbocycles. The summed E-state index contributed by atoms with van der Waals surface area (Å²) in [5, 5.41) is 9.23. The molecule has 41 heavy (non-hydrogen) atoms. The van der Waals surface area contributed by atoms with Crippen LogP contribution in [0.15, 0.2) is 121 Å². The highest BCUT2D eigenvalue weighted by molar-refractivity contribution is 6.21. The summed E-state index contributed by atoms with van der Waals surface area (Å²) < 4.78 is 4.95. The van der Waals surface area contributed by atoms with Gasteiger partial charge in [-0.1, -0.05) is 84.9 Å². The van der Waals surface area contributed by atoms with Crippen molar-refractivity contribution in [3.63, 3.8) is 0 Å². The first-order chi connectivity index (χ1) is 20.3. The Hall–Kier alpha value is -5.08. The number of fused-ring (bicyclic) bond motifs is 10. The fourth-order valence-electron chi connectivity index (χ4n) is 7.30. The Balaban J connectivity index is 1.37. The van der Waals surface area contributed by atoms with Gasteiger partial charge in [-0.05, 0) is 94.9 Å². The van der Waals surface area contributed by atoms with E-state index in [1.165, 1.54) is 82.4 Å².